The van der Waals surface area contributed by atoms with Gasteiger partial charge in [0.25, 0.3) is 5.91 Å². The summed E-state index contributed by atoms with van der Waals surface area (Å²) in [6.45, 7) is 3.20. The van der Waals surface area contributed by atoms with E-state index >= 15 is 0 Å². The highest BCUT2D eigenvalue weighted by Gasteiger charge is 2.27. The third-order valence-electron chi connectivity index (χ3n) is 5.42. The summed E-state index contributed by atoms with van der Waals surface area (Å²) in [7, 11) is -1.71. The molecule has 1 aliphatic heterocycles. The summed E-state index contributed by atoms with van der Waals surface area (Å²) in [6.07, 6.45) is 0.787. The number of rotatable bonds is 8. The Kier molecular flexibility index (Phi) is 7.38. The first kappa shape index (κ1) is 24.7. The molecule has 0 spiro atoms. The molecule has 1 atom stereocenters. The van der Waals surface area contributed by atoms with E-state index in [1.807, 2.05) is 24.3 Å². The van der Waals surface area contributed by atoms with Crippen LogP contribution >= 0.6 is 0 Å². The maximum Gasteiger partial charge on any atom is 0.270 e. The van der Waals surface area contributed by atoms with Crippen molar-refractivity contribution < 1.29 is 22.7 Å². The van der Waals surface area contributed by atoms with Crippen LogP contribution in [0.25, 0.3) is 11.4 Å². The summed E-state index contributed by atoms with van der Waals surface area (Å²) in [5, 5.41) is 15.4. The number of nitrogens with one attached hydrogen (secondary N) is 1. The Morgan fingerprint density at radius 2 is 2.11 bits per heavy atom. The van der Waals surface area contributed by atoms with Gasteiger partial charge < -0.3 is 14.8 Å². The molecule has 186 valence electrons. The van der Waals surface area contributed by atoms with Crippen molar-refractivity contribution in [2.45, 2.75) is 26.1 Å². The Hall–Kier alpha value is -3.42. The number of carbonyl (C=O) groups is 1. The molecule has 2 aromatic heterocycles. The summed E-state index contributed by atoms with van der Waals surface area (Å²) < 4.78 is 35.9. The van der Waals surface area contributed by atoms with Gasteiger partial charge in [-0.2, -0.15) is 9.10 Å². The molecule has 12 nitrogen and oxygen atoms in total. The molecule has 0 saturated carbocycles. The van der Waals surface area contributed by atoms with E-state index in [0.717, 1.165) is 5.56 Å². The number of aromatic nitrogens is 5. The van der Waals surface area contributed by atoms with Crippen molar-refractivity contribution in [2.75, 3.05) is 33.1 Å². The number of aryl methyl sites for hydroxylation is 1. The Balaban J connectivity index is 1.43. The molecule has 0 aliphatic carbocycles. The van der Waals surface area contributed by atoms with Gasteiger partial charge in [0.2, 0.25) is 15.8 Å². The van der Waals surface area contributed by atoms with Crippen LogP contribution in [0.5, 0.6) is 5.75 Å². The Morgan fingerprint density at radius 3 is 2.89 bits per heavy atom. The average Bonchev–Trinajstić information content (AvgIpc) is 3.30. The second-order valence-electron chi connectivity index (χ2n) is 8.20. The van der Waals surface area contributed by atoms with E-state index in [-0.39, 0.29) is 24.7 Å². The van der Waals surface area contributed by atoms with Crippen molar-refractivity contribution in [3.05, 3.63) is 53.3 Å². The van der Waals surface area contributed by atoms with E-state index in [1.165, 1.54) is 15.4 Å². The maximum absolute atomic E-state index is 12.8. The standard InChI is InChI=1S/C22H27N7O5S/c1-15-9-17(11-20(24-15)22(30)23-12-16-5-4-6-18(10-16)33-2)21-25-27-29(26-21)14-19-13-28(7-8-34-19)35(3,31)32/h4-6,9-11,19H,7-8,12-14H2,1-3H3,(H,23,30). The zero-order valence-electron chi connectivity index (χ0n) is 19.7. The molecule has 3 heterocycles. The molecule has 1 unspecified atom stereocenters. The number of methoxy groups -OCH3 is 1. The Morgan fingerprint density at radius 1 is 1.29 bits per heavy atom. The minimum absolute atomic E-state index is 0.224. The fourth-order valence-corrected chi connectivity index (χ4v) is 4.53. The SMILES string of the molecule is COc1cccc(CNC(=O)c2cc(-c3nnn(CC4CN(S(C)(=O)=O)CCO4)n3)cc(C)n2)c1. The normalized spacial score (nSPS) is 16.7. The van der Waals surface area contributed by atoms with Gasteiger partial charge in [0.15, 0.2) is 0 Å². The number of tetrazole rings is 1. The number of benzene rings is 1. The molecule has 1 amide bonds. The zero-order chi connectivity index (χ0) is 25.0. The fourth-order valence-electron chi connectivity index (χ4n) is 3.69. The van der Waals surface area contributed by atoms with Crippen molar-refractivity contribution >= 4 is 15.9 Å². The van der Waals surface area contributed by atoms with Crippen molar-refractivity contribution in [3.8, 4) is 17.1 Å². The molecule has 1 aromatic carbocycles. The minimum Gasteiger partial charge on any atom is -0.497 e. The van der Waals surface area contributed by atoms with Gasteiger partial charge in [0.05, 0.1) is 32.6 Å². The molecule has 0 radical (unpaired) electrons. The van der Waals surface area contributed by atoms with E-state index in [2.05, 4.69) is 25.7 Å². The second kappa shape index (κ2) is 10.5. The highest BCUT2D eigenvalue weighted by atomic mass is 32.2. The lowest BCUT2D eigenvalue weighted by Crippen LogP contribution is -2.46. The van der Waals surface area contributed by atoms with Gasteiger partial charge in [-0.15, -0.1) is 10.2 Å². The molecule has 13 heteroatoms. The Labute approximate surface area is 203 Å². The molecular formula is C22H27N7O5S. The average molecular weight is 502 g/mol. The summed E-state index contributed by atoms with van der Waals surface area (Å²) >= 11 is 0. The second-order valence-corrected chi connectivity index (χ2v) is 10.2. The lowest BCUT2D eigenvalue weighted by atomic mass is 10.1. The summed E-state index contributed by atoms with van der Waals surface area (Å²) in [5.41, 5.74) is 2.36. The van der Waals surface area contributed by atoms with Crippen molar-refractivity contribution in [2.24, 2.45) is 0 Å². The van der Waals surface area contributed by atoms with E-state index < -0.39 is 16.1 Å². The van der Waals surface area contributed by atoms with E-state index in [0.29, 0.717) is 42.5 Å². The molecule has 0 bridgehead atoms. The van der Waals surface area contributed by atoms with E-state index in [9.17, 15) is 13.2 Å². The lowest BCUT2D eigenvalue weighted by Gasteiger charge is -2.30. The van der Waals surface area contributed by atoms with Crippen LogP contribution < -0.4 is 10.1 Å². The molecule has 1 saturated heterocycles. The number of morpholine rings is 1. The van der Waals surface area contributed by atoms with Crippen molar-refractivity contribution in [1.82, 2.24) is 34.8 Å². The van der Waals surface area contributed by atoms with Crippen LogP contribution in [0.3, 0.4) is 0 Å². The van der Waals surface area contributed by atoms with Gasteiger partial charge in [0.1, 0.15) is 11.4 Å². The number of hydrogen-bond acceptors (Lipinski definition) is 9. The molecule has 1 N–H and O–H groups in total. The first-order valence-electron chi connectivity index (χ1n) is 11.0. The van der Waals surface area contributed by atoms with Gasteiger partial charge in [-0.05, 0) is 42.0 Å². The number of carbonyl (C=O) groups excluding carboxylic acids is 1. The number of hydrogen-bond donors (Lipinski definition) is 1. The fraction of sp³-hybridized carbons (Fsp3) is 0.409. The lowest BCUT2D eigenvalue weighted by molar-refractivity contribution is -0.0141. The van der Waals surface area contributed by atoms with E-state index in [1.54, 1.807) is 26.2 Å². The number of nitrogens with zero attached hydrogens (tertiary/aromatic N) is 6. The number of ether oxygens (including phenoxy) is 2. The number of amides is 1. The van der Waals surface area contributed by atoms with Gasteiger partial charge >= 0.3 is 0 Å². The maximum atomic E-state index is 12.8. The molecule has 1 aliphatic rings. The van der Waals surface area contributed by atoms with Crippen molar-refractivity contribution in [3.63, 3.8) is 0 Å². The smallest absolute Gasteiger partial charge is 0.270 e. The van der Waals surface area contributed by atoms with Crippen LogP contribution in [-0.4, -0.2) is 83.0 Å². The predicted molar refractivity (Wildman–Crippen MR) is 126 cm³/mol. The summed E-state index contributed by atoms with van der Waals surface area (Å²) in [4.78, 5) is 18.5. The van der Waals surface area contributed by atoms with Crippen LogP contribution in [0.2, 0.25) is 0 Å². The minimum atomic E-state index is -3.30. The van der Waals surface area contributed by atoms with Crippen molar-refractivity contribution in [1.29, 1.82) is 0 Å². The Bertz CT molecular complexity index is 1310. The van der Waals surface area contributed by atoms with Gasteiger partial charge in [-0.3, -0.25) is 4.79 Å². The van der Waals surface area contributed by atoms with Crippen LogP contribution in [0.4, 0.5) is 0 Å². The molecule has 1 fully saturated rings. The van der Waals surface area contributed by atoms with E-state index in [4.69, 9.17) is 9.47 Å². The highest BCUT2D eigenvalue weighted by Crippen LogP contribution is 2.18. The monoisotopic (exact) mass is 501 g/mol. The van der Waals surface area contributed by atoms with Crippen LogP contribution in [0.15, 0.2) is 36.4 Å². The molecule has 35 heavy (non-hydrogen) atoms. The van der Waals surface area contributed by atoms with Crippen LogP contribution in [-0.2, 0) is 27.8 Å². The van der Waals surface area contributed by atoms with Crippen LogP contribution in [0, 0.1) is 6.92 Å². The molecular weight excluding hydrogens is 474 g/mol. The van der Waals surface area contributed by atoms with Gasteiger partial charge in [-0.1, -0.05) is 12.1 Å². The highest BCUT2D eigenvalue weighted by molar-refractivity contribution is 7.88. The predicted octanol–water partition coefficient (Wildman–Crippen LogP) is 0.643. The number of pyridine rings is 1. The first-order chi connectivity index (χ1) is 16.7. The van der Waals surface area contributed by atoms with Gasteiger partial charge in [-0.25, -0.2) is 13.4 Å². The molecule has 3 aromatic rings. The largest absolute Gasteiger partial charge is 0.497 e. The molecule has 4 rings (SSSR count). The number of sulfonamides is 1. The summed E-state index contributed by atoms with van der Waals surface area (Å²) in [5.74, 6) is 0.708. The quantitative estimate of drug-likeness (QED) is 0.471. The third-order valence-corrected chi connectivity index (χ3v) is 6.69. The third kappa shape index (κ3) is 6.38. The first-order valence-corrected chi connectivity index (χ1v) is 12.8. The zero-order valence-corrected chi connectivity index (χ0v) is 20.5. The topological polar surface area (TPSA) is 141 Å². The van der Waals surface area contributed by atoms with Gasteiger partial charge in [0, 0.05) is 30.9 Å². The summed E-state index contributed by atoms with van der Waals surface area (Å²) in [6, 6.07) is 10.8. The van der Waals surface area contributed by atoms with Crippen LogP contribution in [0.1, 0.15) is 21.7 Å².